The molecule has 0 aliphatic carbocycles. The quantitative estimate of drug-likeness (QED) is 0.818. The van der Waals surface area contributed by atoms with Crippen molar-refractivity contribution in [1.82, 2.24) is 5.32 Å². The molecule has 2 N–H and O–H groups in total. The zero-order valence-electron chi connectivity index (χ0n) is 10.9. The molecule has 2 aromatic rings. The van der Waals surface area contributed by atoms with Crippen molar-refractivity contribution in [2.75, 3.05) is 0 Å². The molecular weight excluding hydrogens is 258 g/mol. The summed E-state index contributed by atoms with van der Waals surface area (Å²) in [4.78, 5) is 10.6. The maximum atomic E-state index is 10.6. The molecule has 5 heteroatoms. The first-order valence-electron chi connectivity index (χ1n) is 6.13. The number of nitrogens with one attached hydrogen (secondary N) is 1. The molecule has 0 fully saturated rings. The van der Waals surface area contributed by atoms with E-state index in [2.05, 4.69) is 5.32 Å². The van der Waals surface area contributed by atoms with Gasteiger partial charge in [0.1, 0.15) is 5.75 Å². The highest BCUT2D eigenvalue weighted by Gasteiger charge is 2.11. The molecule has 0 aromatic heterocycles. The molecule has 0 bridgehead atoms. The van der Waals surface area contributed by atoms with Gasteiger partial charge in [0.25, 0.3) is 0 Å². The lowest BCUT2D eigenvalue weighted by Gasteiger charge is -2.17. The Balaban J connectivity index is 2.12. The SMILES string of the molecule is CC(NC(=O)O)Oc1ccccc1Oc1ccccc1. The van der Waals surface area contributed by atoms with Gasteiger partial charge in [0.05, 0.1) is 0 Å². The average molecular weight is 273 g/mol. The minimum atomic E-state index is -1.14. The standard InChI is InChI=1S/C15H15NO4/c1-11(16-15(17)18)19-13-9-5-6-10-14(13)20-12-7-3-2-4-8-12/h2-11,16H,1H3,(H,17,18). The number of carboxylic acid groups (broad SMARTS) is 1. The van der Waals surface area contributed by atoms with Gasteiger partial charge in [-0.3, -0.25) is 5.32 Å². The van der Waals surface area contributed by atoms with Crippen LogP contribution >= 0.6 is 0 Å². The Morgan fingerprint density at radius 1 is 1.05 bits per heavy atom. The molecule has 0 aliphatic rings. The summed E-state index contributed by atoms with van der Waals surface area (Å²) in [6.45, 7) is 1.60. The monoisotopic (exact) mass is 273 g/mol. The van der Waals surface area contributed by atoms with Gasteiger partial charge in [0, 0.05) is 0 Å². The number of hydrogen-bond acceptors (Lipinski definition) is 3. The lowest BCUT2D eigenvalue weighted by Crippen LogP contribution is -2.35. The van der Waals surface area contributed by atoms with Gasteiger partial charge in [-0.25, -0.2) is 4.79 Å². The molecule has 0 radical (unpaired) electrons. The van der Waals surface area contributed by atoms with Gasteiger partial charge in [-0.1, -0.05) is 30.3 Å². The van der Waals surface area contributed by atoms with Gasteiger partial charge in [-0.15, -0.1) is 0 Å². The number of benzene rings is 2. The van der Waals surface area contributed by atoms with E-state index < -0.39 is 12.3 Å². The van der Waals surface area contributed by atoms with E-state index in [1.54, 1.807) is 25.1 Å². The topological polar surface area (TPSA) is 67.8 Å². The van der Waals surface area contributed by atoms with E-state index in [1.165, 1.54) is 0 Å². The predicted octanol–water partition coefficient (Wildman–Crippen LogP) is 3.47. The molecular formula is C15H15NO4. The van der Waals surface area contributed by atoms with E-state index in [9.17, 15) is 4.79 Å². The first-order valence-corrected chi connectivity index (χ1v) is 6.13. The summed E-state index contributed by atoms with van der Waals surface area (Å²) in [6.07, 6.45) is -1.81. The molecule has 0 aliphatic heterocycles. The van der Waals surface area contributed by atoms with Crippen LogP contribution in [0, 0.1) is 0 Å². The summed E-state index contributed by atoms with van der Waals surface area (Å²) >= 11 is 0. The van der Waals surface area contributed by atoms with Crippen molar-refractivity contribution in [3.05, 3.63) is 54.6 Å². The average Bonchev–Trinajstić information content (AvgIpc) is 2.41. The number of ether oxygens (including phenoxy) is 2. The van der Waals surface area contributed by atoms with Crippen molar-refractivity contribution in [3.63, 3.8) is 0 Å². The Morgan fingerprint density at radius 2 is 1.65 bits per heavy atom. The summed E-state index contributed by atoms with van der Waals surface area (Å²) in [5.41, 5.74) is 0. The second-order valence-corrected chi connectivity index (χ2v) is 4.07. The van der Waals surface area contributed by atoms with Crippen molar-refractivity contribution < 1.29 is 19.4 Å². The lowest BCUT2D eigenvalue weighted by molar-refractivity contribution is 0.146. The summed E-state index contributed by atoms with van der Waals surface area (Å²) in [5, 5.41) is 10.9. The number of carbonyl (C=O) groups is 1. The Hall–Kier alpha value is -2.69. The largest absolute Gasteiger partial charge is 0.467 e. The van der Waals surface area contributed by atoms with E-state index in [4.69, 9.17) is 14.6 Å². The molecule has 5 nitrogen and oxygen atoms in total. The summed E-state index contributed by atoms with van der Waals surface area (Å²) < 4.78 is 11.2. The van der Waals surface area contributed by atoms with E-state index in [0.717, 1.165) is 0 Å². The van der Waals surface area contributed by atoms with Crippen LogP contribution < -0.4 is 14.8 Å². The molecule has 0 heterocycles. The zero-order chi connectivity index (χ0) is 14.4. The van der Waals surface area contributed by atoms with Gasteiger partial charge in [0.2, 0.25) is 0 Å². The third-order valence-corrected chi connectivity index (χ3v) is 2.45. The van der Waals surface area contributed by atoms with Crippen LogP contribution in [0.15, 0.2) is 54.6 Å². The normalized spacial score (nSPS) is 11.4. The first kappa shape index (κ1) is 13.7. The minimum Gasteiger partial charge on any atom is -0.467 e. The second-order valence-electron chi connectivity index (χ2n) is 4.07. The van der Waals surface area contributed by atoms with Crippen molar-refractivity contribution in [2.24, 2.45) is 0 Å². The number of hydrogen-bond donors (Lipinski definition) is 2. The Kier molecular flexibility index (Phi) is 4.44. The molecule has 0 saturated carbocycles. The molecule has 1 unspecified atom stereocenters. The fraction of sp³-hybridized carbons (Fsp3) is 0.133. The first-order chi connectivity index (χ1) is 9.65. The summed E-state index contributed by atoms with van der Waals surface area (Å²) in [6, 6.07) is 16.4. The molecule has 104 valence electrons. The fourth-order valence-corrected chi connectivity index (χ4v) is 1.64. The number of para-hydroxylation sites is 3. The van der Waals surface area contributed by atoms with Crippen LogP contribution in [-0.2, 0) is 0 Å². The molecule has 1 atom stereocenters. The van der Waals surface area contributed by atoms with Crippen LogP contribution in [0.4, 0.5) is 4.79 Å². The van der Waals surface area contributed by atoms with Crippen LogP contribution in [0.5, 0.6) is 17.2 Å². The van der Waals surface area contributed by atoms with Crippen LogP contribution in [-0.4, -0.2) is 17.4 Å². The lowest BCUT2D eigenvalue weighted by atomic mass is 10.3. The number of rotatable bonds is 5. The molecule has 2 rings (SSSR count). The zero-order valence-corrected chi connectivity index (χ0v) is 10.9. The van der Waals surface area contributed by atoms with Gasteiger partial charge < -0.3 is 14.6 Å². The molecule has 20 heavy (non-hydrogen) atoms. The third kappa shape index (κ3) is 3.91. The van der Waals surface area contributed by atoms with Gasteiger partial charge in [-0.05, 0) is 31.2 Å². The van der Waals surface area contributed by atoms with Crippen LogP contribution in [0.25, 0.3) is 0 Å². The van der Waals surface area contributed by atoms with Gasteiger partial charge >= 0.3 is 6.09 Å². The Bertz CT molecular complexity index is 571. The van der Waals surface area contributed by atoms with E-state index in [1.807, 2.05) is 36.4 Å². The van der Waals surface area contributed by atoms with E-state index in [0.29, 0.717) is 17.2 Å². The Labute approximate surface area is 116 Å². The van der Waals surface area contributed by atoms with E-state index in [-0.39, 0.29) is 0 Å². The maximum Gasteiger partial charge on any atom is 0.407 e. The van der Waals surface area contributed by atoms with Crippen LogP contribution in [0.1, 0.15) is 6.92 Å². The van der Waals surface area contributed by atoms with Crippen LogP contribution in [0.2, 0.25) is 0 Å². The third-order valence-electron chi connectivity index (χ3n) is 2.45. The fourth-order valence-electron chi connectivity index (χ4n) is 1.64. The van der Waals surface area contributed by atoms with Crippen molar-refractivity contribution >= 4 is 6.09 Å². The van der Waals surface area contributed by atoms with Crippen molar-refractivity contribution in [3.8, 4) is 17.2 Å². The Morgan fingerprint density at radius 3 is 2.30 bits per heavy atom. The van der Waals surface area contributed by atoms with Crippen molar-refractivity contribution in [2.45, 2.75) is 13.2 Å². The van der Waals surface area contributed by atoms with E-state index >= 15 is 0 Å². The summed E-state index contributed by atoms with van der Waals surface area (Å²) in [7, 11) is 0. The smallest absolute Gasteiger partial charge is 0.407 e. The molecule has 2 aromatic carbocycles. The molecule has 0 spiro atoms. The second kappa shape index (κ2) is 6.47. The number of amides is 1. The highest BCUT2D eigenvalue weighted by Crippen LogP contribution is 2.31. The minimum absolute atomic E-state index is 0.470. The highest BCUT2D eigenvalue weighted by atomic mass is 16.5. The predicted molar refractivity (Wildman–Crippen MR) is 74.2 cm³/mol. The highest BCUT2D eigenvalue weighted by molar-refractivity contribution is 5.64. The van der Waals surface area contributed by atoms with Crippen molar-refractivity contribution in [1.29, 1.82) is 0 Å². The van der Waals surface area contributed by atoms with Gasteiger partial charge in [0.15, 0.2) is 17.7 Å². The van der Waals surface area contributed by atoms with Gasteiger partial charge in [-0.2, -0.15) is 0 Å². The molecule has 0 saturated heterocycles. The van der Waals surface area contributed by atoms with Crippen LogP contribution in [0.3, 0.4) is 0 Å². The molecule has 1 amide bonds. The maximum absolute atomic E-state index is 10.6. The summed E-state index contributed by atoms with van der Waals surface area (Å²) in [5.74, 6) is 1.68.